The minimum atomic E-state index is -0.00628. The molecule has 1 amide bonds. The van der Waals surface area contributed by atoms with E-state index in [-0.39, 0.29) is 6.04 Å². The fraction of sp³-hybridized carbons (Fsp3) is 0.900. The second-order valence-corrected chi connectivity index (χ2v) is 8.53. The molecule has 1 N–H and O–H groups in total. The molecule has 27 heavy (non-hydrogen) atoms. The molecule has 3 fully saturated rings. The lowest BCUT2D eigenvalue weighted by molar-refractivity contribution is -0.135. The predicted molar refractivity (Wildman–Crippen MR) is 110 cm³/mol. The number of amides is 1. The van der Waals surface area contributed by atoms with Crippen LogP contribution in [0.2, 0.25) is 0 Å². The molecule has 0 aromatic carbocycles. The molecule has 1 saturated carbocycles. The summed E-state index contributed by atoms with van der Waals surface area (Å²) in [5.41, 5.74) is 0. The van der Waals surface area contributed by atoms with Crippen molar-refractivity contribution >= 4 is 11.9 Å². The monoisotopic (exact) mass is 378 g/mol. The van der Waals surface area contributed by atoms with Crippen molar-refractivity contribution in [1.82, 2.24) is 24.9 Å². The highest BCUT2D eigenvalue weighted by molar-refractivity contribution is 5.82. The quantitative estimate of drug-likeness (QED) is 0.540. The Morgan fingerprint density at radius 2 is 1.70 bits per heavy atom. The Labute approximate surface area is 164 Å². The normalized spacial score (nSPS) is 24.4. The molecule has 2 atom stereocenters. The molecule has 0 aromatic rings. The fourth-order valence-corrected chi connectivity index (χ4v) is 4.46. The van der Waals surface area contributed by atoms with Gasteiger partial charge in [-0.1, -0.05) is 0 Å². The third-order valence-electron chi connectivity index (χ3n) is 6.45. The van der Waals surface area contributed by atoms with Gasteiger partial charge in [-0.25, -0.2) is 0 Å². The number of hydrogen-bond acceptors (Lipinski definition) is 4. The Balaban J connectivity index is 1.46. The molecule has 2 aliphatic heterocycles. The molecule has 154 valence electrons. The van der Waals surface area contributed by atoms with Crippen LogP contribution in [-0.4, -0.2) is 111 Å². The number of aliphatic imine (C=N–C) groups is 1. The molecule has 0 spiro atoms. The van der Waals surface area contributed by atoms with Crippen LogP contribution >= 0.6 is 0 Å². The molecule has 2 saturated heterocycles. The van der Waals surface area contributed by atoms with Gasteiger partial charge in [-0.05, 0) is 52.6 Å². The number of carbonyl (C=O) groups excluding carboxylic acids is 1. The van der Waals surface area contributed by atoms with Crippen molar-refractivity contribution in [3.63, 3.8) is 0 Å². The molecule has 2 heterocycles. The van der Waals surface area contributed by atoms with E-state index in [0.29, 0.717) is 11.9 Å². The van der Waals surface area contributed by atoms with Crippen molar-refractivity contribution in [2.24, 2.45) is 10.9 Å². The van der Waals surface area contributed by atoms with Gasteiger partial charge in [0.05, 0.1) is 6.04 Å². The summed E-state index contributed by atoms with van der Waals surface area (Å²) in [6.07, 6.45) is 5.02. The zero-order valence-corrected chi connectivity index (χ0v) is 17.7. The van der Waals surface area contributed by atoms with E-state index in [2.05, 4.69) is 46.0 Å². The van der Waals surface area contributed by atoms with Crippen molar-refractivity contribution in [1.29, 1.82) is 0 Å². The standard InChI is InChI=1S/C20H38N6O/c1-16(19(27)25-9-5-6-10-25)24-11-13-26(14-12-24)20(21-2)22-15-18(23(3)4)17-7-8-17/h16-18H,5-15H2,1-4H3,(H,21,22). The SMILES string of the molecule is CN=C(NCC(C1CC1)N(C)C)N1CCN(C(C)C(=O)N2CCCC2)CC1. The first-order valence-electron chi connectivity index (χ1n) is 10.7. The van der Waals surface area contributed by atoms with Crippen molar-refractivity contribution in [2.45, 2.75) is 44.7 Å². The Morgan fingerprint density at radius 3 is 2.22 bits per heavy atom. The Morgan fingerprint density at radius 1 is 1.07 bits per heavy atom. The molecule has 1 aliphatic carbocycles. The van der Waals surface area contributed by atoms with Crippen molar-refractivity contribution < 1.29 is 4.79 Å². The third kappa shape index (κ3) is 5.13. The largest absolute Gasteiger partial charge is 0.355 e. The summed E-state index contributed by atoms with van der Waals surface area (Å²) in [7, 11) is 6.21. The maximum absolute atomic E-state index is 12.7. The highest BCUT2D eigenvalue weighted by atomic mass is 16.2. The number of nitrogens with one attached hydrogen (secondary N) is 1. The van der Waals surface area contributed by atoms with E-state index >= 15 is 0 Å². The number of rotatable bonds is 6. The van der Waals surface area contributed by atoms with Gasteiger partial charge < -0.3 is 20.0 Å². The molecule has 7 heteroatoms. The Kier molecular flexibility index (Phi) is 6.98. The van der Waals surface area contributed by atoms with Gasteiger partial charge in [0.15, 0.2) is 5.96 Å². The van der Waals surface area contributed by atoms with Crippen molar-refractivity contribution in [3.8, 4) is 0 Å². The predicted octanol–water partition coefficient (Wildman–Crippen LogP) is 0.531. The first-order chi connectivity index (χ1) is 13.0. The number of piperazine rings is 1. The fourth-order valence-electron chi connectivity index (χ4n) is 4.46. The van der Waals surface area contributed by atoms with Gasteiger partial charge in [0.25, 0.3) is 0 Å². The lowest BCUT2D eigenvalue weighted by Crippen LogP contribution is -2.57. The number of guanidine groups is 1. The average molecular weight is 379 g/mol. The van der Waals surface area contributed by atoms with Crippen LogP contribution in [0.1, 0.15) is 32.6 Å². The average Bonchev–Trinajstić information content (AvgIpc) is 3.36. The highest BCUT2D eigenvalue weighted by Crippen LogP contribution is 2.34. The Bertz CT molecular complexity index is 517. The van der Waals surface area contributed by atoms with Crippen molar-refractivity contribution in [3.05, 3.63) is 0 Å². The minimum absolute atomic E-state index is 0.00628. The number of likely N-dealkylation sites (N-methyl/N-ethyl adjacent to an activating group) is 1. The van der Waals surface area contributed by atoms with E-state index in [1.165, 1.54) is 12.8 Å². The summed E-state index contributed by atoms with van der Waals surface area (Å²) in [5, 5.41) is 3.59. The van der Waals surface area contributed by atoms with Crippen LogP contribution in [0.25, 0.3) is 0 Å². The van der Waals surface area contributed by atoms with Gasteiger partial charge in [0.1, 0.15) is 0 Å². The van der Waals surface area contributed by atoms with Gasteiger partial charge in [-0.2, -0.15) is 0 Å². The summed E-state index contributed by atoms with van der Waals surface area (Å²) in [4.78, 5) is 26.2. The van der Waals surface area contributed by atoms with Gasteiger partial charge in [0.2, 0.25) is 5.91 Å². The topological polar surface area (TPSA) is 54.4 Å². The summed E-state index contributed by atoms with van der Waals surface area (Å²) in [6.45, 7) is 8.58. The molecule has 3 rings (SSSR count). The number of hydrogen-bond donors (Lipinski definition) is 1. The minimum Gasteiger partial charge on any atom is -0.355 e. The van der Waals surface area contributed by atoms with E-state index in [4.69, 9.17) is 0 Å². The molecular formula is C20H38N6O. The zero-order valence-electron chi connectivity index (χ0n) is 17.7. The molecule has 2 unspecified atom stereocenters. The second-order valence-electron chi connectivity index (χ2n) is 8.53. The number of likely N-dealkylation sites (tertiary alicyclic amines) is 1. The number of nitrogens with zero attached hydrogens (tertiary/aromatic N) is 5. The maximum Gasteiger partial charge on any atom is 0.239 e. The summed E-state index contributed by atoms with van der Waals surface area (Å²) >= 11 is 0. The van der Waals surface area contributed by atoms with Crippen LogP contribution in [0.4, 0.5) is 0 Å². The smallest absolute Gasteiger partial charge is 0.239 e. The third-order valence-corrected chi connectivity index (χ3v) is 6.45. The van der Waals surface area contributed by atoms with Crippen LogP contribution < -0.4 is 5.32 Å². The van der Waals surface area contributed by atoms with Gasteiger partial charge in [-0.15, -0.1) is 0 Å². The molecular weight excluding hydrogens is 340 g/mol. The molecule has 0 bridgehead atoms. The van der Waals surface area contributed by atoms with Crippen LogP contribution in [-0.2, 0) is 4.79 Å². The lowest BCUT2D eigenvalue weighted by atomic mass is 10.1. The van der Waals surface area contributed by atoms with E-state index in [1.807, 2.05) is 11.9 Å². The lowest BCUT2D eigenvalue weighted by Gasteiger charge is -2.40. The summed E-state index contributed by atoms with van der Waals surface area (Å²) < 4.78 is 0. The van der Waals surface area contributed by atoms with Crippen LogP contribution in [0, 0.1) is 5.92 Å². The van der Waals surface area contributed by atoms with E-state index < -0.39 is 0 Å². The van der Waals surface area contributed by atoms with E-state index in [1.54, 1.807) is 0 Å². The summed E-state index contributed by atoms with van der Waals surface area (Å²) in [5.74, 6) is 2.14. The van der Waals surface area contributed by atoms with Gasteiger partial charge >= 0.3 is 0 Å². The molecule has 7 nitrogen and oxygen atoms in total. The van der Waals surface area contributed by atoms with Crippen LogP contribution in [0.15, 0.2) is 4.99 Å². The highest BCUT2D eigenvalue weighted by Gasteiger charge is 2.33. The van der Waals surface area contributed by atoms with Crippen LogP contribution in [0.3, 0.4) is 0 Å². The van der Waals surface area contributed by atoms with Crippen molar-refractivity contribution in [2.75, 3.05) is 67.0 Å². The second kappa shape index (κ2) is 9.24. The zero-order chi connectivity index (χ0) is 19.4. The first-order valence-corrected chi connectivity index (χ1v) is 10.7. The molecule has 0 aromatic heterocycles. The Hall–Kier alpha value is -1.34. The maximum atomic E-state index is 12.7. The number of carbonyl (C=O) groups is 1. The van der Waals surface area contributed by atoms with Gasteiger partial charge in [0, 0.05) is 58.9 Å². The van der Waals surface area contributed by atoms with E-state index in [0.717, 1.165) is 70.5 Å². The first kappa shape index (κ1) is 20.4. The summed E-state index contributed by atoms with van der Waals surface area (Å²) in [6, 6.07) is 0.578. The van der Waals surface area contributed by atoms with E-state index in [9.17, 15) is 4.79 Å². The molecule has 3 aliphatic rings. The van der Waals surface area contributed by atoms with Crippen LogP contribution in [0.5, 0.6) is 0 Å². The van der Waals surface area contributed by atoms with Gasteiger partial charge in [-0.3, -0.25) is 14.7 Å². The molecule has 0 radical (unpaired) electrons.